The average molecular weight is 394 g/mol. The average Bonchev–Trinajstić information content (AvgIpc) is 3.13. The van der Waals surface area contributed by atoms with Gasteiger partial charge in [-0.05, 0) is 18.6 Å². The van der Waals surface area contributed by atoms with Crippen molar-refractivity contribution in [1.82, 2.24) is 25.5 Å². The second-order valence-corrected chi connectivity index (χ2v) is 6.80. The SMILES string of the molecule is Cl.O=C(N[C@@H]1CNC[C@H](C(=O)N2CCOCC2)C1)c1nc2ccccc2[nH]1. The molecule has 3 heterocycles. The number of ether oxygens (including phenoxy) is 1. The maximum Gasteiger partial charge on any atom is 0.287 e. The number of morpholine rings is 1. The van der Waals surface area contributed by atoms with Crippen molar-refractivity contribution < 1.29 is 14.3 Å². The van der Waals surface area contributed by atoms with Gasteiger partial charge in [-0.2, -0.15) is 0 Å². The van der Waals surface area contributed by atoms with Gasteiger partial charge in [0.2, 0.25) is 5.91 Å². The Morgan fingerprint density at radius 2 is 1.96 bits per heavy atom. The predicted molar refractivity (Wildman–Crippen MR) is 103 cm³/mol. The maximum absolute atomic E-state index is 12.7. The van der Waals surface area contributed by atoms with E-state index in [1.54, 1.807) is 0 Å². The number of nitrogens with one attached hydrogen (secondary N) is 3. The van der Waals surface area contributed by atoms with Crippen molar-refractivity contribution in [3.63, 3.8) is 0 Å². The summed E-state index contributed by atoms with van der Waals surface area (Å²) in [7, 11) is 0. The van der Waals surface area contributed by atoms with Crippen LogP contribution in [-0.2, 0) is 9.53 Å². The minimum absolute atomic E-state index is 0. The summed E-state index contributed by atoms with van der Waals surface area (Å²) in [5, 5.41) is 6.26. The van der Waals surface area contributed by atoms with Gasteiger partial charge >= 0.3 is 0 Å². The number of hydrogen-bond donors (Lipinski definition) is 3. The van der Waals surface area contributed by atoms with Crippen LogP contribution in [0.25, 0.3) is 11.0 Å². The summed E-state index contributed by atoms with van der Waals surface area (Å²) >= 11 is 0. The van der Waals surface area contributed by atoms with Crippen molar-refractivity contribution in [3.05, 3.63) is 30.1 Å². The molecule has 0 saturated carbocycles. The first-order valence-corrected chi connectivity index (χ1v) is 9.03. The van der Waals surface area contributed by atoms with Gasteiger partial charge in [0.1, 0.15) is 0 Å². The molecule has 0 aliphatic carbocycles. The number of nitrogens with zero attached hydrogens (tertiary/aromatic N) is 2. The monoisotopic (exact) mass is 393 g/mol. The third-order valence-electron chi connectivity index (χ3n) is 4.96. The molecule has 2 atom stereocenters. The molecule has 146 valence electrons. The fraction of sp³-hybridized carbons (Fsp3) is 0.500. The van der Waals surface area contributed by atoms with Crippen LogP contribution in [-0.4, -0.2) is 72.1 Å². The van der Waals surface area contributed by atoms with Crippen LogP contribution in [0.15, 0.2) is 24.3 Å². The van der Waals surface area contributed by atoms with E-state index in [2.05, 4.69) is 20.6 Å². The van der Waals surface area contributed by atoms with E-state index < -0.39 is 0 Å². The summed E-state index contributed by atoms with van der Waals surface area (Å²) in [6, 6.07) is 7.44. The van der Waals surface area contributed by atoms with E-state index in [1.807, 2.05) is 29.2 Å². The fourth-order valence-corrected chi connectivity index (χ4v) is 3.60. The largest absolute Gasteiger partial charge is 0.378 e. The number of amides is 2. The number of fused-ring (bicyclic) bond motifs is 1. The molecule has 9 heteroatoms. The summed E-state index contributed by atoms with van der Waals surface area (Å²) < 4.78 is 5.31. The Balaban J connectivity index is 0.00000210. The number of H-pyrrole nitrogens is 1. The third-order valence-corrected chi connectivity index (χ3v) is 4.96. The molecule has 2 aromatic rings. The van der Waals surface area contributed by atoms with Gasteiger partial charge in [-0.25, -0.2) is 4.98 Å². The van der Waals surface area contributed by atoms with Crippen molar-refractivity contribution in [2.75, 3.05) is 39.4 Å². The van der Waals surface area contributed by atoms with Crippen LogP contribution in [0.2, 0.25) is 0 Å². The second-order valence-electron chi connectivity index (χ2n) is 6.80. The zero-order valence-electron chi connectivity index (χ0n) is 14.9. The Bertz CT molecular complexity index is 772. The number of halogens is 1. The molecule has 2 aliphatic heterocycles. The summed E-state index contributed by atoms with van der Waals surface area (Å²) in [6.45, 7) is 3.78. The topological polar surface area (TPSA) is 99.3 Å². The van der Waals surface area contributed by atoms with Gasteiger partial charge in [0.05, 0.1) is 30.2 Å². The van der Waals surface area contributed by atoms with Crippen molar-refractivity contribution in [2.24, 2.45) is 5.92 Å². The highest BCUT2D eigenvalue weighted by atomic mass is 35.5. The van der Waals surface area contributed by atoms with Crippen LogP contribution >= 0.6 is 12.4 Å². The molecule has 27 heavy (non-hydrogen) atoms. The lowest BCUT2D eigenvalue weighted by Gasteiger charge is -2.34. The molecule has 0 unspecified atom stereocenters. The van der Waals surface area contributed by atoms with Gasteiger partial charge in [-0.3, -0.25) is 9.59 Å². The van der Waals surface area contributed by atoms with E-state index in [-0.39, 0.29) is 36.2 Å². The standard InChI is InChI=1S/C18H23N5O3.ClH/c24-17(16-21-14-3-1-2-4-15(14)22-16)20-13-9-12(10-19-11-13)18(25)23-5-7-26-8-6-23;/h1-4,12-13,19H,5-11H2,(H,20,24)(H,21,22);1H/t12-,13+;/m1./s1. The molecule has 4 rings (SSSR count). The number of rotatable bonds is 3. The zero-order valence-corrected chi connectivity index (χ0v) is 15.8. The Morgan fingerprint density at radius 3 is 2.74 bits per heavy atom. The van der Waals surface area contributed by atoms with Gasteiger partial charge in [0.25, 0.3) is 5.91 Å². The Morgan fingerprint density at radius 1 is 1.19 bits per heavy atom. The number of carbonyl (C=O) groups is 2. The normalized spacial score (nSPS) is 22.9. The molecule has 0 bridgehead atoms. The number of hydrogen-bond acceptors (Lipinski definition) is 5. The number of aromatic nitrogens is 2. The number of imidazole rings is 1. The molecule has 2 saturated heterocycles. The lowest BCUT2D eigenvalue weighted by Crippen LogP contribution is -2.54. The Hall–Kier alpha value is -2.16. The van der Waals surface area contributed by atoms with Gasteiger partial charge < -0.3 is 25.3 Å². The minimum Gasteiger partial charge on any atom is -0.378 e. The van der Waals surface area contributed by atoms with Crippen molar-refractivity contribution >= 4 is 35.3 Å². The van der Waals surface area contributed by atoms with E-state index in [1.165, 1.54) is 0 Å². The van der Waals surface area contributed by atoms with E-state index in [9.17, 15) is 9.59 Å². The zero-order chi connectivity index (χ0) is 17.9. The molecular formula is C18H24ClN5O3. The Kier molecular flexibility index (Phi) is 6.30. The van der Waals surface area contributed by atoms with Crippen molar-refractivity contribution in [1.29, 1.82) is 0 Å². The smallest absolute Gasteiger partial charge is 0.287 e. The summed E-state index contributed by atoms with van der Waals surface area (Å²) in [5.74, 6) is 0.0756. The molecular weight excluding hydrogens is 370 g/mol. The minimum atomic E-state index is -0.243. The first kappa shape index (κ1) is 19.6. The fourth-order valence-electron chi connectivity index (χ4n) is 3.60. The van der Waals surface area contributed by atoms with E-state index in [0.29, 0.717) is 51.6 Å². The summed E-state index contributed by atoms with van der Waals surface area (Å²) in [5.41, 5.74) is 1.60. The van der Waals surface area contributed by atoms with Crippen LogP contribution < -0.4 is 10.6 Å². The summed E-state index contributed by atoms with van der Waals surface area (Å²) in [6.07, 6.45) is 0.634. The van der Waals surface area contributed by atoms with Crippen LogP contribution in [0.1, 0.15) is 17.0 Å². The number of carbonyl (C=O) groups excluding carboxylic acids is 2. The molecule has 2 fully saturated rings. The highest BCUT2D eigenvalue weighted by Gasteiger charge is 2.32. The lowest BCUT2D eigenvalue weighted by molar-refractivity contribution is -0.140. The van der Waals surface area contributed by atoms with Gasteiger partial charge in [0.15, 0.2) is 5.82 Å². The predicted octanol–water partition coefficient (Wildman–Crippen LogP) is 0.551. The van der Waals surface area contributed by atoms with Crippen molar-refractivity contribution in [2.45, 2.75) is 12.5 Å². The summed E-state index contributed by atoms with van der Waals surface area (Å²) in [4.78, 5) is 34.4. The van der Waals surface area contributed by atoms with E-state index >= 15 is 0 Å². The number of piperidine rings is 1. The van der Waals surface area contributed by atoms with Crippen LogP contribution in [0, 0.1) is 5.92 Å². The molecule has 1 aromatic heterocycles. The first-order valence-electron chi connectivity index (χ1n) is 9.03. The first-order chi connectivity index (χ1) is 12.7. The van der Waals surface area contributed by atoms with E-state index in [4.69, 9.17) is 4.74 Å². The molecule has 8 nitrogen and oxygen atoms in total. The quantitative estimate of drug-likeness (QED) is 0.707. The van der Waals surface area contributed by atoms with Crippen molar-refractivity contribution in [3.8, 4) is 0 Å². The highest BCUT2D eigenvalue weighted by Crippen LogP contribution is 2.16. The van der Waals surface area contributed by atoms with E-state index in [0.717, 1.165) is 11.0 Å². The second kappa shape index (κ2) is 8.69. The molecule has 3 N–H and O–H groups in total. The number of para-hydroxylation sites is 2. The third kappa shape index (κ3) is 4.40. The molecule has 1 aromatic carbocycles. The maximum atomic E-state index is 12.7. The molecule has 0 radical (unpaired) electrons. The van der Waals surface area contributed by atoms with Gasteiger partial charge in [0, 0.05) is 32.2 Å². The molecule has 2 aliphatic rings. The number of benzene rings is 1. The van der Waals surface area contributed by atoms with Gasteiger partial charge in [-0.1, -0.05) is 12.1 Å². The molecule has 2 amide bonds. The van der Waals surface area contributed by atoms with Crippen LogP contribution in [0.4, 0.5) is 0 Å². The number of aromatic amines is 1. The molecule has 0 spiro atoms. The van der Waals surface area contributed by atoms with Gasteiger partial charge in [-0.15, -0.1) is 12.4 Å². The Labute approximate surface area is 163 Å². The lowest BCUT2D eigenvalue weighted by atomic mass is 9.94. The van der Waals surface area contributed by atoms with Crippen LogP contribution in [0.5, 0.6) is 0 Å². The van der Waals surface area contributed by atoms with Crippen LogP contribution in [0.3, 0.4) is 0 Å². The highest BCUT2D eigenvalue weighted by molar-refractivity contribution is 5.94.